The molecular formula is C101H144Cl5FN5O7P5Si4Ti5. The average Bonchev–Trinajstić information content (AvgIpc) is 0.776. The van der Waals surface area contributed by atoms with Gasteiger partial charge in [-0.25, -0.2) is 4.39 Å². The fourth-order valence-electron chi connectivity index (χ4n) is 12.3. The first-order valence-electron chi connectivity index (χ1n) is 43.4. The van der Waals surface area contributed by atoms with Gasteiger partial charge >= 0.3 is 143 Å². The van der Waals surface area contributed by atoms with Crippen molar-refractivity contribution in [2.45, 2.75) is 257 Å². The molecule has 0 spiro atoms. The second-order valence-electron chi connectivity index (χ2n) is 40.5. The van der Waals surface area contributed by atoms with Crippen molar-refractivity contribution in [3.05, 3.63) is 259 Å². The summed E-state index contributed by atoms with van der Waals surface area (Å²) in [6.45, 7) is 66.8. The van der Waals surface area contributed by atoms with E-state index in [-0.39, 0.29) is 47.8 Å². The predicted octanol–water partition coefficient (Wildman–Crippen LogP) is 24.9. The standard InChI is InChI=1S/C23H36FNOPSi2.2C21H31NOPSi.2C18H23NO2P.5ClH.5Ti/c1-23(2,3)25-15-16-12-17(24)10-11-19(16)27-20-13-18(28(4,5)6)14-21(22(20)26)29(7,8)9;1-15-8-11-19(16(12-15)14-22-21(2,3)4)24-20-13-17(25(5,6)7)9-10-18(20)23;1-15-10-8-11-16(14-22-21(2,3)4)20(15)24-17-12-9-13-18(19(17)23)25(5,6)7;1-18(2,3)19-12-13-8-5-6-10-15(13)22-16-11-7-9-14(21-4)17(16)20;1-18(2,3)19-12-13-7-5-6-8-16(13)22-17-11-14(21-4)9-10-15(17)20;;;;;;;;;;/h10-14,26-27H,15H2,1-9H3;2*8-13,23-24H,14H2,1-7H3;2*5-11,20,22H,12H2,1-4H3;5*1H;;;;;/q5*-1;;;;;;5*+2/p-5. The number of phenols is 5. The van der Waals surface area contributed by atoms with Crippen LogP contribution in [0.15, 0.2) is 188 Å². The number of phenolic OH excluding ortho intramolecular Hbond substituents is 5. The molecule has 0 fully saturated rings. The van der Waals surface area contributed by atoms with Crippen molar-refractivity contribution >= 4 is 196 Å². The Morgan fingerprint density at radius 2 is 0.662 bits per heavy atom. The van der Waals surface area contributed by atoms with Gasteiger partial charge < -0.3 is 61.6 Å². The van der Waals surface area contributed by atoms with Gasteiger partial charge in [-0.3, -0.25) is 0 Å². The fraction of sp³-hybridized carbons (Fsp3) is 0.406. The SMILES string of the molecule is CC(C)(C)[N-]Cc1cc(F)ccc1Pc1cc([Si](C)(C)C)cc([Si](C)(C)C)c1O.COc1ccc(O)c(Pc2ccccc2C[N-]C(C)(C)C)c1.COc1cccc(Pc2ccccc2C[N-]C(C)(C)C)c1O.Cc1ccc(Pc2cc([Si](C)(C)C)ccc2O)c(C[N-]C(C)(C)C)c1.Cc1cccc(C[N-]C(C)(C)C)c1Pc1cccc([Si](C)(C)C)c1O.[Cl][Ti+].[Cl][Ti+].[Cl][Ti+].[Cl][Ti+].[Cl][Ti+]. The first kappa shape index (κ1) is 130. The molecule has 0 saturated carbocycles. The second-order valence-corrected chi connectivity index (χ2v) is 67.4. The van der Waals surface area contributed by atoms with E-state index >= 15 is 0 Å². The Bertz CT molecular complexity index is 5090. The van der Waals surface area contributed by atoms with Gasteiger partial charge in [0, 0.05) is 26.5 Å². The number of methoxy groups -OCH3 is 2. The van der Waals surface area contributed by atoms with Gasteiger partial charge in [0.1, 0.15) is 34.6 Å². The monoisotopic (exact) mass is 2240 g/mol. The van der Waals surface area contributed by atoms with Crippen LogP contribution in [0.2, 0.25) is 78.6 Å². The molecule has 133 heavy (non-hydrogen) atoms. The number of nitrogens with zero attached hydrogens (tertiary/aromatic N) is 5. The van der Waals surface area contributed by atoms with Crippen LogP contribution in [-0.4, -0.2) is 99.7 Å². The van der Waals surface area contributed by atoms with Gasteiger partial charge in [-0.1, -0.05) is 415 Å². The van der Waals surface area contributed by atoms with Gasteiger partial charge in [-0.05, 0) is 98.8 Å². The van der Waals surface area contributed by atoms with Crippen LogP contribution < -0.4 is 83.3 Å². The van der Waals surface area contributed by atoms with Crippen LogP contribution in [-0.2, 0) is 130 Å². The maximum absolute atomic E-state index is 13.9. The van der Waals surface area contributed by atoms with Gasteiger partial charge in [0.2, 0.25) is 0 Å². The summed E-state index contributed by atoms with van der Waals surface area (Å²) in [6.07, 6.45) is 0. The average molecular weight is 2240 g/mol. The third kappa shape index (κ3) is 49.6. The quantitative estimate of drug-likeness (QED) is 0.0263. The summed E-state index contributed by atoms with van der Waals surface area (Å²) in [6, 6.07) is 62.3. The Kier molecular flexibility index (Phi) is 60.7. The molecule has 5 unspecified atom stereocenters. The molecule has 5 N–H and O–H groups in total. The zero-order valence-electron chi connectivity index (χ0n) is 84.0. The number of ether oxygens (including phenoxy) is 2. The Labute approximate surface area is 892 Å². The van der Waals surface area contributed by atoms with E-state index in [4.69, 9.17) is 36.1 Å². The number of hydrogen-bond acceptors (Lipinski definition) is 7. The number of benzene rings is 10. The topological polar surface area (TPSA) is 190 Å². The molecule has 10 rings (SSSR count). The van der Waals surface area contributed by atoms with Crippen molar-refractivity contribution in [1.82, 2.24) is 0 Å². The molecule has 0 aromatic heterocycles. The molecule has 0 amide bonds. The first-order chi connectivity index (χ1) is 61.8. The molecule has 0 bridgehead atoms. The molecule has 718 valence electrons. The molecule has 0 aliphatic heterocycles. The van der Waals surface area contributed by atoms with Crippen LogP contribution in [0.4, 0.5) is 4.39 Å². The Hall–Kier alpha value is -1.43. The third-order valence-electron chi connectivity index (χ3n) is 19.6. The van der Waals surface area contributed by atoms with Crippen molar-refractivity contribution in [2.75, 3.05) is 14.2 Å². The summed E-state index contributed by atoms with van der Waals surface area (Å²) in [7, 11) is 22.1. The molecule has 12 nitrogen and oxygen atoms in total. The molecule has 5 atom stereocenters. The summed E-state index contributed by atoms with van der Waals surface area (Å²) in [5.74, 6) is 2.92. The fourth-order valence-corrected chi connectivity index (χ4v) is 24.4. The normalized spacial score (nSPS) is 11.9. The first-order valence-corrected chi connectivity index (χ1v) is 73.2. The Morgan fingerprint density at radius 3 is 1.11 bits per heavy atom. The van der Waals surface area contributed by atoms with Crippen LogP contribution in [0.3, 0.4) is 0 Å². The molecule has 10 aromatic carbocycles. The number of hydrogen-bond donors (Lipinski definition) is 5. The van der Waals surface area contributed by atoms with Gasteiger partial charge in [0.15, 0.2) is 11.5 Å². The van der Waals surface area contributed by atoms with Crippen LogP contribution in [0.5, 0.6) is 40.2 Å². The molecule has 10 aromatic rings. The van der Waals surface area contributed by atoms with Crippen molar-refractivity contribution in [2.24, 2.45) is 0 Å². The van der Waals surface area contributed by atoms with E-state index in [1.54, 1.807) is 38.5 Å². The van der Waals surface area contributed by atoms with Crippen molar-refractivity contribution in [3.8, 4) is 40.2 Å². The van der Waals surface area contributed by atoms with Gasteiger partial charge in [0.05, 0.1) is 46.5 Å². The number of halogens is 6. The predicted molar refractivity (Wildman–Crippen MR) is 588 cm³/mol. The van der Waals surface area contributed by atoms with Crippen LogP contribution in [0, 0.1) is 19.7 Å². The van der Waals surface area contributed by atoms with E-state index in [1.165, 1.54) is 168 Å². The van der Waals surface area contributed by atoms with E-state index < -0.39 is 32.3 Å². The zero-order chi connectivity index (χ0) is 102. The molecule has 0 aliphatic carbocycles. The van der Waals surface area contributed by atoms with E-state index in [2.05, 4.69) is 346 Å². The number of rotatable bonds is 26. The maximum atomic E-state index is 13.9. The summed E-state index contributed by atoms with van der Waals surface area (Å²) in [5.41, 5.74) is 8.05. The van der Waals surface area contributed by atoms with Crippen LogP contribution >= 0.6 is 89.4 Å². The molecule has 0 saturated heterocycles. The van der Waals surface area contributed by atoms with Gasteiger partial charge in [-0.15, -0.1) is 60.4 Å². The van der Waals surface area contributed by atoms with Gasteiger partial charge in [-0.2, -0.15) is 0 Å². The third-order valence-corrected chi connectivity index (χ3v) is 35.0. The molecule has 0 heterocycles. The summed E-state index contributed by atoms with van der Waals surface area (Å²) < 4.78 is 24.4. The van der Waals surface area contributed by atoms with Crippen molar-refractivity contribution in [1.29, 1.82) is 0 Å². The van der Waals surface area contributed by atoms with E-state index in [9.17, 15) is 29.9 Å². The van der Waals surface area contributed by atoms with Crippen LogP contribution in [0.25, 0.3) is 26.6 Å². The van der Waals surface area contributed by atoms with Crippen LogP contribution in [0.1, 0.15) is 143 Å². The number of aromatic hydroxyl groups is 5. The zero-order valence-corrected chi connectivity index (χ0v) is 105. The second kappa shape index (κ2) is 62.3. The van der Waals surface area contributed by atoms with E-state index in [0.717, 1.165) is 66.6 Å². The van der Waals surface area contributed by atoms with Gasteiger partial charge in [0.25, 0.3) is 0 Å². The number of para-hydroxylation sites is 2. The Morgan fingerprint density at radius 1 is 0.308 bits per heavy atom. The van der Waals surface area contributed by atoms with E-state index in [1.807, 2.05) is 54.6 Å². The molecule has 32 heteroatoms. The molecule has 0 aliphatic rings. The Balaban J connectivity index is 0.000000813. The van der Waals surface area contributed by atoms with Crippen molar-refractivity contribution in [3.63, 3.8) is 0 Å². The molecular weight excluding hydrogens is 2100 g/mol. The van der Waals surface area contributed by atoms with E-state index in [0.29, 0.717) is 82.7 Å². The summed E-state index contributed by atoms with van der Waals surface area (Å²) >= 11 is 7.36. The van der Waals surface area contributed by atoms with Crippen molar-refractivity contribution < 1.29 is 136 Å². The summed E-state index contributed by atoms with van der Waals surface area (Å²) in [4.78, 5) is 0. The minimum absolute atomic E-state index is 0.0377. The minimum atomic E-state index is -1.70. The summed E-state index contributed by atoms with van der Waals surface area (Å²) in [5, 5.41) is 92.3. The number of aryl methyl sites for hydroxylation is 2. The molecule has 0 radical (unpaired) electrons.